The molecule has 44 heavy (non-hydrogen) atoms. The Kier molecular flexibility index (Phi) is 9.25. The molecule has 4 aromatic carbocycles. The van der Waals surface area contributed by atoms with E-state index in [1.165, 1.54) is 48.5 Å². The van der Waals surface area contributed by atoms with Crippen molar-refractivity contribution in [1.82, 2.24) is 0 Å². The molecule has 5 rings (SSSR count). The predicted molar refractivity (Wildman–Crippen MR) is 155 cm³/mol. The Bertz CT molecular complexity index is 1590. The maximum Gasteiger partial charge on any atom is 0.339 e. The van der Waals surface area contributed by atoms with Gasteiger partial charge in [-0.05, 0) is 36.4 Å². The van der Waals surface area contributed by atoms with Crippen LogP contribution in [0.25, 0.3) is 0 Å². The molecule has 0 unspecified atom stereocenters. The Morgan fingerprint density at radius 3 is 1.48 bits per heavy atom. The van der Waals surface area contributed by atoms with Gasteiger partial charge in [0.25, 0.3) is 0 Å². The van der Waals surface area contributed by atoms with E-state index in [9.17, 15) is 29.4 Å². The molecule has 0 bridgehead atoms. The summed E-state index contributed by atoms with van der Waals surface area (Å²) >= 11 is 0. The Labute approximate surface area is 252 Å². The smallest absolute Gasteiger partial charge is 0.339 e. The molecule has 5 atom stereocenters. The Balaban J connectivity index is 1.68. The molecule has 0 amide bonds. The number of ether oxygens (including phenoxy) is 4. The van der Waals surface area contributed by atoms with Gasteiger partial charge in [-0.25, -0.2) is 14.4 Å². The van der Waals surface area contributed by atoms with Gasteiger partial charge in [-0.1, -0.05) is 84.9 Å². The quantitative estimate of drug-likeness (QED) is 0.167. The van der Waals surface area contributed by atoms with Gasteiger partial charge in [-0.2, -0.15) is 0 Å². The lowest BCUT2D eigenvalue weighted by atomic mass is 9.77. The molecule has 1 aliphatic rings. The maximum atomic E-state index is 14.5. The van der Waals surface area contributed by atoms with Gasteiger partial charge in [-0.15, -0.1) is 0 Å². The van der Waals surface area contributed by atoms with Crippen molar-refractivity contribution in [2.45, 2.75) is 30.2 Å². The average Bonchev–Trinajstić information content (AvgIpc) is 3.08. The van der Waals surface area contributed by atoms with E-state index in [0.717, 1.165) is 0 Å². The number of hydrogen-bond donors (Lipinski definition) is 2. The lowest BCUT2D eigenvalue weighted by Gasteiger charge is -2.49. The van der Waals surface area contributed by atoms with Gasteiger partial charge in [0.05, 0.1) is 23.3 Å². The summed E-state index contributed by atoms with van der Waals surface area (Å²) < 4.78 is 23.1. The molecule has 0 aliphatic carbocycles. The van der Waals surface area contributed by atoms with E-state index in [2.05, 4.69) is 0 Å². The average molecular weight is 597 g/mol. The van der Waals surface area contributed by atoms with Crippen molar-refractivity contribution < 1.29 is 48.3 Å². The van der Waals surface area contributed by atoms with Crippen LogP contribution in [0.1, 0.15) is 41.4 Å². The van der Waals surface area contributed by atoms with Gasteiger partial charge < -0.3 is 29.2 Å². The zero-order valence-corrected chi connectivity index (χ0v) is 23.2. The molecule has 0 spiro atoms. The summed E-state index contributed by atoms with van der Waals surface area (Å²) in [7, 11) is 0. The van der Waals surface area contributed by atoms with Crippen LogP contribution in [0, 0.1) is 0 Å². The normalized spacial score (nSPS) is 22.8. The molecule has 10 nitrogen and oxygen atoms in total. The Morgan fingerprint density at radius 2 is 1.02 bits per heavy atom. The highest BCUT2D eigenvalue weighted by Crippen LogP contribution is 2.40. The van der Waals surface area contributed by atoms with Gasteiger partial charge >= 0.3 is 17.9 Å². The highest BCUT2D eigenvalue weighted by atomic mass is 16.7. The van der Waals surface area contributed by atoms with E-state index in [1.807, 2.05) is 0 Å². The number of carbonyl (C=O) groups excluding carboxylic acids is 4. The second-order valence-corrected chi connectivity index (χ2v) is 9.87. The summed E-state index contributed by atoms with van der Waals surface area (Å²) in [4.78, 5) is 54.9. The molecule has 0 radical (unpaired) electrons. The van der Waals surface area contributed by atoms with Crippen LogP contribution in [0.2, 0.25) is 0 Å². The highest BCUT2D eigenvalue weighted by Gasteiger charge is 2.66. The van der Waals surface area contributed by atoms with Crippen molar-refractivity contribution in [1.29, 1.82) is 0 Å². The fraction of sp³-hybridized carbons (Fsp3) is 0.176. The fourth-order valence-corrected chi connectivity index (χ4v) is 4.95. The van der Waals surface area contributed by atoms with Crippen LogP contribution in [-0.2, 0) is 18.9 Å². The van der Waals surface area contributed by atoms with Crippen LogP contribution >= 0.6 is 0 Å². The first-order valence-corrected chi connectivity index (χ1v) is 13.7. The lowest BCUT2D eigenvalue weighted by Crippen LogP contribution is -2.73. The SMILES string of the molecule is O=C(O[C@H]1[C@@H](OC(=O)c2ccccc2)[C@@](OC(=O)c2ccccc2)(C(=O)c2ccccc2)[C@@H](CO)O[C@@H]1O)c1ccccc1. The molecule has 2 N–H and O–H groups in total. The molecule has 1 saturated heterocycles. The summed E-state index contributed by atoms with van der Waals surface area (Å²) in [6, 6.07) is 30.8. The zero-order chi connectivity index (χ0) is 31.1. The third kappa shape index (κ3) is 6.13. The third-order valence-electron chi connectivity index (χ3n) is 7.11. The van der Waals surface area contributed by atoms with Crippen LogP contribution in [0.4, 0.5) is 0 Å². The Morgan fingerprint density at radius 1 is 0.614 bits per heavy atom. The molecule has 0 aromatic heterocycles. The minimum absolute atomic E-state index is 0.000646. The molecule has 224 valence electrons. The van der Waals surface area contributed by atoms with E-state index < -0.39 is 60.5 Å². The number of hydrogen-bond acceptors (Lipinski definition) is 10. The summed E-state index contributed by atoms with van der Waals surface area (Å²) in [6.07, 6.45) is -7.67. The number of Topliss-reactive ketones (excluding diaryl/α,β-unsaturated/α-hetero) is 1. The molecule has 1 fully saturated rings. The largest absolute Gasteiger partial charge is 0.450 e. The number of carbonyl (C=O) groups is 4. The zero-order valence-electron chi connectivity index (χ0n) is 23.2. The first-order chi connectivity index (χ1) is 21.3. The van der Waals surface area contributed by atoms with Crippen LogP contribution in [0.15, 0.2) is 121 Å². The van der Waals surface area contributed by atoms with E-state index >= 15 is 0 Å². The topological polar surface area (TPSA) is 146 Å². The summed E-state index contributed by atoms with van der Waals surface area (Å²) in [5.41, 5.74) is -2.48. The number of rotatable bonds is 9. The second kappa shape index (κ2) is 13.4. The van der Waals surface area contributed by atoms with Crippen molar-refractivity contribution in [3.05, 3.63) is 144 Å². The second-order valence-electron chi connectivity index (χ2n) is 9.87. The van der Waals surface area contributed by atoms with Crippen LogP contribution in [0.5, 0.6) is 0 Å². The monoisotopic (exact) mass is 596 g/mol. The molecule has 4 aromatic rings. The molecule has 1 aliphatic heterocycles. The van der Waals surface area contributed by atoms with Crippen molar-refractivity contribution in [3.63, 3.8) is 0 Å². The van der Waals surface area contributed by atoms with Crippen LogP contribution in [-0.4, -0.2) is 70.7 Å². The van der Waals surface area contributed by atoms with Crippen molar-refractivity contribution in [3.8, 4) is 0 Å². The third-order valence-corrected chi connectivity index (χ3v) is 7.11. The van der Waals surface area contributed by atoms with E-state index in [1.54, 1.807) is 72.8 Å². The van der Waals surface area contributed by atoms with Gasteiger partial charge in [0.15, 0.2) is 18.5 Å². The number of esters is 3. The number of aliphatic hydroxyl groups excluding tert-OH is 2. The van der Waals surface area contributed by atoms with E-state index in [0.29, 0.717) is 0 Å². The minimum Gasteiger partial charge on any atom is -0.450 e. The summed E-state index contributed by atoms with van der Waals surface area (Å²) in [5, 5.41) is 21.6. The van der Waals surface area contributed by atoms with Crippen molar-refractivity contribution in [2.75, 3.05) is 6.61 Å². The van der Waals surface area contributed by atoms with Crippen molar-refractivity contribution in [2.24, 2.45) is 0 Å². The number of benzene rings is 4. The first kappa shape index (κ1) is 30.3. The first-order valence-electron chi connectivity index (χ1n) is 13.7. The standard InChI is InChI=1S/C34H28O10/c35-21-26-34(28(36)22-13-5-1-6-14-22,44-32(39)25-19-11-4-12-20-25)29(43-31(38)24-17-9-3-10-18-24)27(33(40)41-26)42-30(37)23-15-7-2-8-16-23/h1-20,26-27,29,33,35,40H,21H2/t26-,27+,29-,33+,34+/m1/s1. The molecule has 1 heterocycles. The highest BCUT2D eigenvalue weighted by molar-refractivity contribution is 6.06. The van der Waals surface area contributed by atoms with Crippen molar-refractivity contribution >= 4 is 23.7 Å². The van der Waals surface area contributed by atoms with Gasteiger partial charge in [0, 0.05) is 5.56 Å². The molecule has 10 heteroatoms. The van der Waals surface area contributed by atoms with Gasteiger partial charge in [0.1, 0.15) is 6.10 Å². The number of ketones is 1. The van der Waals surface area contributed by atoms with Gasteiger partial charge in [-0.3, -0.25) is 4.79 Å². The molecule has 0 saturated carbocycles. The molecular weight excluding hydrogens is 568 g/mol. The Hall–Kier alpha value is -5.16. The predicted octanol–water partition coefficient (Wildman–Crippen LogP) is 3.63. The number of aliphatic hydroxyl groups is 2. The minimum atomic E-state index is -2.64. The van der Waals surface area contributed by atoms with Gasteiger partial charge in [0.2, 0.25) is 11.4 Å². The van der Waals surface area contributed by atoms with E-state index in [4.69, 9.17) is 18.9 Å². The maximum absolute atomic E-state index is 14.5. The van der Waals surface area contributed by atoms with Crippen LogP contribution in [0.3, 0.4) is 0 Å². The summed E-state index contributed by atoms with van der Waals surface area (Å²) in [6.45, 7) is -0.962. The molecular formula is C34H28O10. The summed E-state index contributed by atoms with van der Waals surface area (Å²) in [5.74, 6) is -3.89. The van der Waals surface area contributed by atoms with Crippen LogP contribution < -0.4 is 0 Å². The lowest BCUT2D eigenvalue weighted by molar-refractivity contribution is -0.302. The fourth-order valence-electron chi connectivity index (χ4n) is 4.95. The van der Waals surface area contributed by atoms with E-state index in [-0.39, 0.29) is 22.3 Å².